The van der Waals surface area contributed by atoms with E-state index in [0.29, 0.717) is 18.7 Å². The Morgan fingerprint density at radius 1 is 0.933 bits per heavy atom. The van der Waals surface area contributed by atoms with Crippen LogP contribution in [0.15, 0.2) is 5.16 Å². The molecule has 0 aliphatic carbocycles. The van der Waals surface area contributed by atoms with Gasteiger partial charge in [0.15, 0.2) is 5.84 Å². The molecule has 172 valence electrons. The third-order valence-electron chi connectivity index (χ3n) is 4.89. The summed E-state index contributed by atoms with van der Waals surface area (Å²) in [7, 11) is -3.95. The van der Waals surface area contributed by atoms with Crippen molar-refractivity contribution in [2.75, 3.05) is 12.4 Å². The van der Waals surface area contributed by atoms with Crippen molar-refractivity contribution in [3.05, 3.63) is 28.1 Å². The van der Waals surface area contributed by atoms with Gasteiger partial charge in [0.1, 0.15) is 6.61 Å². The number of nitrogens with zero attached hydrogens (tertiary/aromatic N) is 2. The number of nitrogens with two attached hydrogens (primary N) is 1. The molecule has 30 heavy (non-hydrogen) atoms. The van der Waals surface area contributed by atoms with E-state index in [1.807, 2.05) is 0 Å². The zero-order chi connectivity index (χ0) is 23.2. The molecule has 3 N–H and O–H groups in total. The van der Waals surface area contributed by atoms with E-state index in [1.54, 1.807) is 0 Å². The number of unbranched alkanes of at least 4 members (excludes halogenated alkanes) is 1. The highest BCUT2D eigenvalue weighted by molar-refractivity contribution is 7.85. The van der Waals surface area contributed by atoms with Gasteiger partial charge < -0.3 is 10.6 Å². The first kappa shape index (κ1) is 26.4. The van der Waals surface area contributed by atoms with Gasteiger partial charge in [-0.05, 0) is 47.6 Å². The summed E-state index contributed by atoms with van der Waals surface area (Å²) in [4.78, 5) is 10.5. The maximum Gasteiger partial charge on any atom is 0.264 e. The van der Waals surface area contributed by atoms with Crippen LogP contribution in [0, 0.1) is 0 Å². The summed E-state index contributed by atoms with van der Waals surface area (Å²) in [5.74, 6) is 0.954. The Kier molecular flexibility index (Phi) is 9.75. The third kappa shape index (κ3) is 7.23. The molecule has 0 spiro atoms. The first-order valence-corrected chi connectivity index (χ1v) is 12.4. The molecular formula is C22H39N3O4S. The SMILES string of the molecule is CC(C)c1nc(C(C)C)c(C(C)C)c(/C(N)=N/OCCCCS(=O)(=O)O)c1C(C)C. The zero-order valence-electron chi connectivity index (χ0n) is 19.7. The highest BCUT2D eigenvalue weighted by atomic mass is 32.2. The van der Waals surface area contributed by atoms with Crippen molar-refractivity contribution in [3.63, 3.8) is 0 Å². The van der Waals surface area contributed by atoms with E-state index >= 15 is 0 Å². The Bertz CT molecular complexity index is 806. The van der Waals surface area contributed by atoms with Crippen molar-refractivity contribution in [1.29, 1.82) is 0 Å². The topological polar surface area (TPSA) is 115 Å². The predicted molar refractivity (Wildman–Crippen MR) is 123 cm³/mol. The number of pyridine rings is 1. The lowest BCUT2D eigenvalue weighted by Crippen LogP contribution is -2.24. The quantitative estimate of drug-likeness (QED) is 0.166. The van der Waals surface area contributed by atoms with Gasteiger partial charge in [-0.25, -0.2) is 0 Å². The van der Waals surface area contributed by atoms with Crippen molar-refractivity contribution < 1.29 is 17.8 Å². The molecule has 0 radical (unpaired) electrons. The number of rotatable bonds is 11. The van der Waals surface area contributed by atoms with Crippen LogP contribution in [0.3, 0.4) is 0 Å². The summed E-state index contributed by atoms with van der Waals surface area (Å²) in [6.45, 7) is 17.3. The molecule has 0 unspecified atom stereocenters. The molecule has 1 aromatic heterocycles. The normalized spacial score (nSPS) is 13.2. The number of hydrogen-bond donors (Lipinski definition) is 2. The van der Waals surface area contributed by atoms with Gasteiger partial charge in [0, 0.05) is 17.0 Å². The van der Waals surface area contributed by atoms with Crippen molar-refractivity contribution in [1.82, 2.24) is 4.98 Å². The van der Waals surface area contributed by atoms with E-state index in [-0.39, 0.29) is 36.0 Å². The first-order valence-electron chi connectivity index (χ1n) is 10.8. The van der Waals surface area contributed by atoms with Crippen LogP contribution < -0.4 is 5.73 Å². The number of oxime groups is 1. The van der Waals surface area contributed by atoms with Crippen LogP contribution in [0.25, 0.3) is 0 Å². The minimum atomic E-state index is -3.95. The molecule has 1 aromatic rings. The Labute approximate surface area is 182 Å². The lowest BCUT2D eigenvalue weighted by molar-refractivity contribution is 0.141. The van der Waals surface area contributed by atoms with Gasteiger partial charge in [-0.1, -0.05) is 60.5 Å². The van der Waals surface area contributed by atoms with Gasteiger partial charge in [0.2, 0.25) is 0 Å². The summed E-state index contributed by atoms with van der Waals surface area (Å²) < 4.78 is 30.4. The van der Waals surface area contributed by atoms with Gasteiger partial charge in [-0.15, -0.1) is 0 Å². The summed E-state index contributed by atoms with van der Waals surface area (Å²) >= 11 is 0. The van der Waals surface area contributed by atoms with Crippen molar-refractivity contribution in [3.8, 4) is 0 Å². The van der Waals surface area contributed by atoms with E-state index in [4.69, 9.17) is 20.1 Å². The van der Waals surface area contributed by atoms with Crippen LogP contribution in [0.5, 0.6) is 0 Å². The first-order chi connectivity index (χ1) is 13.8. The lowest BCUT2D eigenvalue weighted by Gasteiger charge is -2.27. The van der Waals surface area contributed by atoms with E-state index in [9.17, 15) is 8.42 Å². The van der Waals surface area contributed by atoms with E-state index in [1.165, 1.54) is 0 Å². The zero-order valence-corrected chi connectivity index (χ0v) is 20.5. The van der Waals surface area contributed by atoms with E-state index < -0.39 is 10.1 Å². The minimum absolute atomic E-state index is 0.215. The fraction of sp³-hybridized carbons (Fsp3) is 0.727. The van der Waals surface area contributed by atoms with Crippen molar-refractivity contribution >= 4 is 16.0 Å². The summed E-state index contributed by atoms with van der Waals surface area (Å²) in [5.41, 5.74) is 11.7. The second-order valence-corrected chi connectivity index (χ2v) is 10.6. The van der Waals surface area contributed by atoms with Gasteiger partial charge in [0.05, 0.1) is 5.75 Å². The molecule has 0 saturated carbocycles. The maximum atomic E-state index is 10.8. The molecule has 0 aliphatic rings. The molecule has 1 rings (SSSR count). The summed E-state index contributed by atoms with van der Waals surface area (Å²) in [5, 5.41) is 4.17. The summed E-state index contributed by atoms with van der Waals surface area (Å²) in [6, 6.07) is 0. The minimum Gasteiger partial charge on any atom is -0.394 e. The Balaban J connectivity index is 3.39. The Hall–Kier alpha value is -1.67. The second kappa shape index (κ2) is 11.1. The molecular weight excluding hydrogens is 402 g/mol. The molecule has 0 fully saturated rings. The van der Waals surface area contributed by atoms with Crippen molar-refractivity contribution in [2.24, 2.45) is 10.9 Å². The average molecular weight is 442 g/mol. The van der Waals surface area contributed by atoms with Crippen LogP contribution in [0.4, 0.5) is 0 Å². The van der Waals surface area contributed by atoms with Crippen LogP contribution in [0.2, 0.25) is 0 Å². The van der Waals surface area contributed by atoms with Crippen LogP contribution >= 0.6 is 0 Å². The second-order valence-electron chi connectivity index (χ2n) is 9.01. The third-order valence-corrected chi connectivity index (χ3v) is 5.69. The van der Waals surface area contributed by atoms with Crippen LogP contribution in [-0.4, -0.2) is 36.1 Å². The largest absolute Gasteiger partial charge is 0.394 e. The monoisotopic (exact) mass is 441 g/mol. The Morgan fingerprint density at radius 2 is 1.40 bits per heavy atom. The fourth-order valence-electron chi connectivity index (χ4n) is 3.59. The van der Waals surface area contributed by atoms with Gasteiger partial charge >= 0.3 is 0 Å². The summed E-state index contributed by atoms with van der Waals surface area (Å²) in [6.07, 6.45) is 0.752. The molecule has 7 nitrogen and oxygen atoms in total. The standard InChI is InChI=1S/C22H39N3O4S/c1-13(2)17-19(22(23)25-29-11-9-10-12-30(26,27)28)18(14(3)4)21(16(7)8)24-20(17)15(5)6/h13-16H,9-12H2,1-8H3,(H2,23,25)(H,26,27,28). The average Bonchev–Trinajstić information content (AvgIpc) is 2.60. The molecule has 0 atom stereocenters. The molecule has 0 saturated heterocycles. The van der Waals surface area contributed by atoms with Gasteiger partial charge in [-0.2, -0.15) is 8.42 Å². The highest BCUT2D eigenvalue weighted by Crippen LogP contribution is 2.37. The molecule has 8 heteroatoms. The predicted octanol–water partition coefficient (Wildman–Crippen LogP) is 4.88. The molecule has 0 aliphatic heterocycles. The van der Waals surface area contributed by atoms with E-state index in [0.717, 1.165) is 28.1 Å². The molecule has 0 aromatic carbocycles. The molecule has 1 heterocycles. The molecule has 0 amide bonds. The molecule has 0 bridgehead atoms. The van der Waals surface area contributed by atoms with E-state index in [2.05, 4.69) is 60.5 Å². The highest BCUT2D eigenvalue weighted by Gasteiger charge is 2.27. The lowest BCUT2D eigenvalue weighted by atomic mass is 9.82. The Morgan fingerprint density at radius 3 is 1.77 bits per heavy atom. The fourth-order valence-corrected chi connectivity index (χ4v) is 4.16. The number of amidine groups is 1. The number of aromatic nitrogens is 1. The van der Waals surface area contributed by atoms with Crippen molar-refractivity contribution in [2.45, 2.75) is 91.9 Å². The number of hydrogen-bond acceptors (Lipinski definition) is 5. The van der Waals surface area contributed by atoms with Gasteiger partial charge in [0.25, 0.3) is 10.1 Å². The van der Waals surface area contributed by atoms with Crippen LogP contribution in [0.1, 0.15) is 120 Å². The van der Waals surface area contributed by atoms with Crippen LogP contribution in [-0.2, 0) is 15.0 Å². The van der Waals surface area contributed by atoms with Gasteiger partial charge in [-0.3, -0.25) is 9.54 Å². The smallest absolute Gasteiger partial charge is 0.264 e. The maximum absolute atomic E-state index is 10.8.